The number of hydrogen-bond acceptors (Lipinski definition) is 1. The van der Waals surface area contributed by atoms with E-state index in [-0.39, 0.29) is 16.5 Å². The Morgan fingerprint density at radius 1 is 0.962 bits per heavy atom. The van der Waals surface area contributed by atoms with Gasteiger partial charge < -0.3 is 4.74 Å². The molecule has 0 heterocycles. The molecule has 4 heteroatoms. The molecule has 0 N–H and O–H groups in total. The van der Waals surface area contributed by atoms with E-state index in [1.165, 1.54) is 6.07 Å². The van der Waals surface area contributed by atoms with Crippen LogP contribution in [0.1, 0.15) is 18.9 Å². The van der Waals surface area contributed by atoms with E-state index < -0.39 is 17.5 Å². The molecule has 0 saturated carbocycles. The number of hydrogen-bond donors (Lipinski definition) is 0. The first kappa shape index (κ1) is 18.1. The summed E-state index contributed by atoms with van der Waals surface area (Å²) in [6.45, 7) is 5.98. The van der Waals surface area contributed by atoms with Crippen molar-refractivity contribution in [2.75, 3.05) is 6.61 Å². The minimum absolute atomic E-state index is 0.220. The highest BCUT2D eigenvalue weighted by Gasteiger charge is 2.19. The van der Waals surface area contributed by atoms with Crippen LogP contribution < -0.4 is 4.74 Å². The smallest absolute Gasteiger partial charge is 0.169 e. The maximum absolute atomic E-state index is 15.0. The normalized spacial score (nSPS) is 10.9. The molecule has 0 unspecified atom stereocenters. The average Bonchev–Trinajstić information content (AvgIpc) is 2.64. The summed E-state index contributed by atoms with van der Waals surface area (Å²) >= 11 is 0. The van der Waals surface area contributed by atoms with Gasteiger partial charge in [-0.05, 0) is 54.5 Å². The maximum atomic E-state index is 15.0. The average molecular weight is 356 g/mol. The lowest BCUT2D eigenvalue weighted by atomic mass is 9.97. The van der Waals surface area contributed by atoms with Gasteiger partial charge in [0.15, 0.2) is 11.6 Å². The first-order valence-corrected chi connectivity index (χ1v) is 8.50. The van der Waals surface area contributed by atoms with Gasteiger partial charge in [-0.15, -0.1) is 6.58 Å². The van der Waals surface area contributed by atoms with Crippen LogP contribution in [0.25, 0.3) is 21.9 Å². The van der Waals surface area contributed by atoms with Crippen LogP contribution in [0, 0.1) is 17.5 Å². The van der Waals surface area contributed by atoms with Gasteiger partial charge in [0.25, 0.3) is 0 Å². The zero-order valence-electron chi connectivity index (χ0n) is 14.5. The van der Waals surface area contributed by atoms with Crippen molar-refractivity contribution in [1.29, 1.82) is 0 Å². The maximum Gasteiger partial charge on any atom is 0.169 e. The molecule has 0 radical (unpaired) electrons. The topological polar surface area (TPSA) is 9.23 Å². The van der Waals surface area contributed by atoms with Crippen molar-refractivity contribution in [2.24, 2.45) is 0 Å². The Bertz CT molecular complexity index is 946. The van der Waals surface area contributed by atoms with E-state index in [9.17, 15) is 13.2 Å². The predicted molar refractivity (Wildman–Crippen MR) is 98.9 cm³/mol. The molecule has 0 saturated heterocycles. The SMILES string of the molecule is C=CCCc1cc2ccc(-c3ccc(OCC)cc3)c(F)c2c(F)c1F. The minimum atomic E-state index is -1.15. The van der Waals surface area contributed by atoms with Crippen molar-refractivity contribution in [1.82, 2.24) is 0 Å². The summed E-state index contributed by atoms with van der Waals surface area (Å²) < 4.78 is 49.2. The van der Waals surface area contributed by atoms with E-state index in [0.29, 0.717) is 36.1 Å². The molecule has 0 atom stereocenters. The van der Waals surface area contributed by atoms with Gasteiger partial charge >= 0.3 is 0 Å². The Balaban J connectivity index is 2.10. The molecule has 0 aliphatic carbocycles. The monoisotopic (exact) mass is 356 g/mol. The molecule has 0 aliphatic heterocycles. The van der Waals surface area contributed by atoms with Crippen LogP contribution in [0.15, 0.2) is 55.1 Å². The van der Waals surface area contributed by atoms with E-state index in [1.54, 1.807) is 42.5 Å². The lowest BCUT2D eigenvalue weighted by Gasteiger charge is -2.11. The number of benzene rings is 3. The summed E-state index contributed by atoms with van der Waals surface area (Å²) in [6.07, 6.45) is 2.48. The van der Waals surface area contributed by atoms with Gasteiger partial charge in [0.05, 0.1) is 12.0 Å². The fraction of sp³-hybridized carbons (Fsp3) is 0.182. The van der Waals surface area contributed by atoms with Crippen molar-refractivity contribution in [3.63, 3.8) is 0 Å². The van der Waals surface area contributed by atoms with Crippen LogP contribution in [0.4, 0.5) is 13.2 Å². The molecule has 0 spiro atoms. The molecule has 3 aromatic carbocycles. The largest absolute Gasteiger partial charge is 0.494 e. The second kappa shape index (κ2) is 7.65. The first-order chi connectivity index (χ1) is 12.6. The highest BCUT2D eigenvalue weighted by Crippen LogP contribution is 2.33. The summed E-state index contributed by atoms with van der Waals surface area (Å²) in [5.41, 5.74) is 1.02. The molecule has 0 bridgehead atoms. The molecule has 3 rings (SSSR count). The Morgan fingerprint density at radius 2 is 1.69 bits per heavy atom. The van der Waals surface area contributed by atoms with Gasteiger partial charge in [0, 0.05) is 5.56 Å². The number of aryl methyl sites for hydroxylation is 1. The van der Waals surface area contributed by atoms with Crippen LogP contribution in [0.5, 0.6) is 5.75 Å². The second-order valence-corrected chi connectivity index (χ2v) is 5.97. The highest BCUT2D eigenvalue weighted by atomic mass is 19.2. The van der Waals surface area contributed by atoms with Crippen molar-refractivity contribution in [3.05, 3.63) is 78.1 Å². The Morgan fingerprint density at radius 3 is 2.35 bits per heavy atom. The molecule has 3 aromatic rings. The second-order valence-electron chi connectivity index (χ2n) is 5.97. The molecule has 134 valence electrons. The lowest BCUT2D eigenvalue weighted by molar-refractivity contribution is 0.340. The van der Waals surface area contributed by atoms with E-state index in [2.05, 4.69) is 6.58 Å². The number of ether oxygens (including phenoxy) is 1. The standard InChI is InChI=1S/C22H19F3O/c1-3-5-6-16-13-15-9-12-18(21(24)19(15)22(25)20(16)23)14-7-10-17(11-8-14)26-4-2/h3,7-13H,1,4-6H2,2H3. The van der Waals surface area contributed by atoms with Gasteiger partial charge in [-0.2, -0.15) is 0 Å². The van der Waals surface area contributed by atoms with Crippen LogP contribution in [0.3, 0.4) is 0 Å². The van der Waals surface area contributed by atoms with Crippen molar-refractivity contribution in [2.45, 2.75) is 19.8 Å². The minimum Gasteiger partial charge on any atom is -0.494 e. The Kier molecular flexibility index (Phi) is 5.31. The summed E-state index contributed by atoms with van der Waals surface area (Å²) in [7, 11) is 0. The number of allylic oxidation sites excluding steroid dienone is 1. The number of halogens is 3. The fourth-order valence-electron chi connectivity index (χ4n) is 3.00. The van der Waals surface area contributed by atoms with Crippen molar-refractivity contribution < 1.29 is 17.9 Å². The number of rotatable bonds is 6. The molecule has 1 nitrogen and oxygen atoms in total. The summed E-state index contributed by atoms with van der Waals surface area (Å²) in [6, 6.07) is 11.5. The molecular formula is C22H19F3O. The van der Waals surface area contributed by atoms with Crippen LogP contribution >= 0.6 is 0 Å². The summed E-state index contributed by atoms with van der Waals surface area (Å²) in [4.78, 5) is 0. The molecule has 0 amide bonds. The quantitative estimate of drug-likeness (QED) is 0.462. The van der Waals surface area contributed by atoms with E-state index in [0.717, 1.165) is 0 Å². The van der Waals surface area contributed by atoms with Crippen molar-refractivity contribution >= 4 is 10.8 Å². The van der Waals surface area contributed by atoms with Gasteiger partial charge in [0.1, 0.15) is 11.6 Å². The third kappa shape index (κ3) is 3.32. The van der Waals surface area contributed by atoms with Crippen LogP contribution in [0.2, 0.25) is 0 Å². The molecule has 26 heavy (non-hydrogen) atoms. The predicted octanol–water partition coefficient (Wildman–Crippen LogP) is 6.44. The van der Waals surface area contributed by atoms with Gasteiger partial charge in [-0.1, -0.05) is 30.3 Å². The first-order valence-electron chi connectivity index (χ1n) is 8.50. The third-order valence-electron chi connectivity index (χ3n) is 4.29. The Labute approximate surface area is 150 Å². The fourth-order valence-corrected chi connectivity index (χ4v) is 3.00. The van der Waals surface area contributed by atoms with E-state index >= 15 is 0 Å². The van der Waals surface area contributed by atoms with Gasteiger partial charge in [0.2, 0.25) is 0 Å². The number of fused-ring (bicyclic) bond motifs is 1. The van der Waals surface area contributed by atoms with E-state index in [4.69, 9.17) is 4.74 Å². The highest BCUT2D eigenvalue weighted by molar-refractivity contribution is 5.89. The van der Waals surface area contributed by atoms with Crippen molar-refractivity contribution in [3.8, 4) is 16.9 Å². The lowest BCUT2D eigenvalue weighted by Crippen LogP contribution is -1.99. The van der Waals surface area contributed by atoms with Gasteiger partial charge in [-0.25, -0.2) is 13.2 Å². The third-order valence-corrected chi connectivity index (χ3v) is 4.29. The molecule has 0 aromatic heterocycles. The zero-order valence-corrected chi connectivity index (χ0v) is 14.5. The molecular weight excluding hydrogens is 337 g/mol. The zero-order chi connectivity index (χ0) is 18.7. The summed E-state index contributed by atoms with van der Waals surface area (Å²) in [5.74, 6) is -2.24. The summed E-state index contributed by atoms with van der Waals surface area (Å²) in [5, 5.41) is 0.0198. The Hall–Kier alpha value is -2.75. The van der Waals surface area contributed by atoms with E-state index in [1.807, 2.05) is 6.92 Å². The van der Waals surface area contributed by atoms with Crippen LogP contribution in [-0.2, 0) is 6.42 Å². The molecule has 0 fully saturated rings. The van der Waals surface area contributed by atoms with Crippen LogP contribution in [-0.4, -0.2) is 6.61 Å². The molecule has 0 aliphatic rings. The van der Waals surface area contributed by atoms with Gasteiger partial charge in [-0.3, -0.25) is 0 Å².